The number of nitrogens with one attached hydrogen (secondary N) is 1. The first kappa shape index (κ1) is 40.9. The van der Waals surface area contributed by atoms with Gasteiger partial charge in [0.05, 0.1) is 0 Å². The van der Waals surface area contributed by atoms with Crippen LogP contribution in [0.3, 0.4) is 0 Å². The van der Waals surface area contributed by atoms with Gasteiger partial charge in [-0.1, -0.05) is 100 Å². The SMILES string of the molecule is CC1CC(C2CCCCC2)C=CC1C1CC(C2CCC3C(C2)C(C2CCC4=C(CCCC4)C2)C2CCCCC2C3C2CCC3CCCCC3C2)CC(C2C=CCCC2)N1. The van der Waals surface area contributed by atoms with Crippen LogP contribution < -0.4 is 5.32 Å². The molecule has 11 rings (SSSR count). The third-order valence-corrected chi connectivity index (χ3v) is 22.2. The second kappa shape index (κ2) is 18.3. The van der Waals surface area contributed by atoms with Crippen LogP contribution in [0.1, 0.15) is 212 Å². The van der Waals surface area contributed by atoms with Crippen molar-refractivity contribution in [3.63, 3.8) is 0 Å². The normalized spacial score (nSPS) is 49.6. The first-order valence-electron chi connectivity index (χ1n) is 28.0. The molecule has 0 radical (unpaired) electrons. The molecule has 59 heavy (non-hydrogen) atoms. The number of piperidine rings is 1. The fourth-order valence-electron chi connectivity index (χ4n) is 19.6. The minimum Gasteiger partial charge on any atom is -0.310 e. The molecule has 1 N–H and O–H groups in total. The second-order valence-corrected chi connectivity index (χ2v) is 24.8. The first-order chi connectivity index (χ1) is 29.1. The molecular weight excluding hydrogens is 711 g/mol. The van der Waals surface area contributed by atoms with Crippen LogP contribution in [0.2, 0.25) is 0 Å². The van der Waals surface area contributed by atoms with Gasteiger partial charge in [-0.2, -0.15) is 0 Å². The molecule has 6 saturated carbocycles. The Morgan fingerprint density at radius 3 is 1.90 bits per heavy atom. The number of hydrogen-bond acceptors (Lipinski definition) is 1. The van der Waals surface area contributed by atoms with E-state index in [1.807, 2.05) is 11.1 Å². The van der Waals surface area contributed by atoms with Gasteiger partial charge in [-0.05, 0) is 248 Å². The van der Waals surface area contributed by atoms with Gasteiger partial charge in [0.25, 0.3) is 0 Å². The summed E-state index contributed by atoms with van der Waals surface area (Å²) in [4.78, 5) is 0. The average Bonchev–Trinajstić information content (AvgIpc) is 3.30. The van der Waals surface area contributed by atoms with Crippen molar-refractivity contribution in [1.82, 2.24) is 5.32 Å². The van der Waals surface area contributed by atoms with Crippen LogP contribution >= 0.6 is 0 Å². The summed E-state index contributed by atoms with van der Waals surface area (Å²) in [7, 11) is 0. The van der Waals surface area contributed by atoms with Crippen LogP contribution in [0.25, 0.3) is 0 Å². The van der Waals surface area contributed by atoms with Gasteiger partial charge in [-0.15, -0.1) is 0 Å². The van der Waals surface area contributed by atoms with Crippen LogP contribution in [0.4, 0.5) is 0 Å². The average molecular weight is 802 g/mol. The number of hydrogen-bond donors (Lipinski definition) is 1. The van der Waals surface area contributed by atoms with Gasteiger partial charge in [0.15, 0.2) is 0 Å². The van der Waals surface area contributed by atoms with E-state index in [9.17, 15) is 0 Å². The Morgan fingerprint density at radius 1 is 0.407 bits per heavy atom. The maximum atomic E-state index is 4.53. The van der Waals surface area contributed by atoms with Gasteiger partial charge >= 0.3 is 0 Å². The molecule has 1 nitrogen and oxygen atoms in total. The van der Waals surface area contributed by atoms with Gasteiger partial charge in [0.1, 0.15) is 0 Å². The Kier molecular flexibility index (Phi) is 12.7. The van der Waals surface area contributed by atoms with Crippen molar-refractivity contribution in [3.8, 4) is 0 Å². The molecule has 0 aromatic heterocycles. The van der Waals surface area contributed by atoms with Crippen LogP contribution in [0.15, 0.2) is 35.5 Å². The van der Waals surface area contributed by atoms with Gasteiger partial charge in [0, 0.05) is 12.1 Å². The van der Waals surface area contributed by atoms with E-state index >= 15 is 0 Å². The summed E-state index contributed by atoms with van der Waals surface area (Å²) in [6, 6.07) is 1.41. The molecule has 7 fully saturated rings. The highest BCUT2D eigenvalue weighted by atomic mass is 15.0. The van der Waals surface area contributed by atoms with Crippen LogP contribution in [-0.4, -0.2) is 12.1 Å². The summed E-state index contributed by atoms with van der Waals surface area (Å²) in [5.41, 5.74) is 3.97. The topological polar surface area (TPSA) is 12.0 Å². The van der Waals surface area contributed by atoms with E-state index in [0.717, 1.165) is 101 Å². The maximum absolute atomic E-state index is 4.53. The van der Waals surface area contributed by atoms with E-state index in [1.165, 1.54) is 109 Å². The minimum atomic E-state index is 0.698. The predicted octanol–water partition coefficient (Wildman–Crippen LogP) is 15.9. The van der Waals surface area contributed by atoms with Crippen LogP contribution in [-0.2, 0) is 0 Å². The van der Waals surface area contributed by atoms with E-state index in [2.05, 4.69) is 36.5 Å². The van der Waals surface area contributed by atoms with Crippen molar-refractivity contribution in [3.05, 3.63) is 35.5 Å². The zero-order valence-electron chi connectivity index (χ0n) is 38.4. The molecular formula is C58H91N. The van der Waals surface area contributed by atoms with E-state index in [1.54, 1.807) is 96.3 Å². The predicted molar refractivity (Wildman–Crippen MR) is 249 cm³/mol. The standard InChI is InChI=1S/C58H91N/c1-38-32-45(39-14-4-2-5-15-39)28-30-50(38)56-37-49(36-55(59-56)42-18-6-3-7-19-42)46-29-31-53-54(35-46)58(48-27-25-41-17-9-11-21-44(41)34-48)52-23-13-12-22-51(52)57(53)47-26-24-40-16-8-10-20-43(40)33-47/h6,18,28,30,38-40,42-43,45-59H,2-5,7-17,19-27,29,31-37H2,1H3. The highest BCUT2D eigenvalue weighted by Gasteiger charge is 2.57. The summed E-state index contributed by atoms with van der Waals surface area (Å²) < 4.78 is 0. The molecule has 0 aromatic carbocycles. The summed E-state index contributed by atoms with van der Waals surface area (Å²) in [5.74, 6) is 16.8. The third-order valence-electron chi connectivity index (χ3n) is 22.2. The van der Waals surface area contributed by atoms with Crippen molar-refractivity contribution in [2.45, 2.75) is 224 Å². The number of fused-ring (bicyclic) bond motifs is 3. The highest BCUT2D eigenvalue weighted by Crippen LogP contribution is 2.65. The smallest absolute Gasteiger partial charge is 0.0138 e. The van der Waals surface area contributed by atoms with Crippen molar-refractivity contribution in [2.75, 3.05) is 0 Å². The van der Waals surface area contributed by atoms with Crippen molar-refractivity contribution in [2.24, 2.45) is 101 Å². The maximum Gasteiger partial charge on any atom is 0.0138 e. The largest absolute Gasteiger partial charge is 0.310 e. The minimum absolute atomic E-state index is 0.698. The molecule has 11 aliphatic rings. The molecule has 0 aromatic rings. The Morgan fingerprint density at radius 2 is 1.08 bits per heavy atom. The van der Waals surface area contributed by atoms with E-state index in [0.29, 0.717) is 12.1 Å². The van der Waals surface area contributed by atoms with Crippen molar-refractivity contribution >= 4 is 0 Å². The third kappa shape index (κ3) is 8.38. The summed E-state index contributed by atoms with van der Waals surface area (Å²) in [5, 5.41) is 4.53. The Hall–Kier alpha value is -0.820. The zero-order valence-corrected chi connectivity index (χ0v) is 38.4. The lowest BCUT2D eigenvalue weighted by Crippen LogP contribution is -2.57. The van der Waals surface area contributed by atoms with E-state index in [-0.39, 0.29) is 0 Å². The lowest BCUT2D eigenvalue weighted by atomic mass is 9.43. The number of allylic oxidation sites excluding steroid dienone is 4. The van der Waals surface area contributed by atoms with E-state index in [4.69, 9.17) is 0 Å². The Bertz CT molecular complexity index is 1490. The second-order valence-electron chi connectivity index (χ2n) is 24.8. The van der Waals surface area contributed by atoms with Gasteiger partial charge in [0.2, 0.25) is 0 Å². The molecule has 1 saturated heterocycles. The first-order valence-corrected chi connectivity index (χ1v) is 28.0. The fraction of sp³-hybridized carbons (Fsp3) is 0.897. The van der Waals surface area contributed by atoms with Gasteiger partial charge in [-0.25, -0.2) is 0 Å². The lowest BCUT2D eigenvalue weighted by molar-refractivity contribution is -0.127. The molecule has 1 aliphatic heterocycles. The zero-order chi connectivity index (χ0) is 39.3. The van der Waals surface area contributed by atoms with Crippen molar-refractivity contribution < 1.29 is 0 Å². The molecule has 18 unspecified atom stereocenters. The fourth-order valence-corrected chi connectivity index (χ4v) is 19.6. The summed E-state index contributed by atoms with van der Waals surface area (Å²) in [6.45, 7) is 2.68. The molecule has 1 heterocycles. The molecule has 0 amide bonds. The van der Waals surface area contributed by atoms with Crippen LogP contribution in [0.5, 0.6) is 0 Å². The highest BCUT2D eigenvalue weighted by molar-refractivity contribution is 5.22. The summed E-state index contributed by atoms with van der Waals surface area (Å²) >= 11 is 0. The molecule has 18 atom stereocenters. The molecule has 10 aliphatic carbocycles. The monoisotopic (exact) mass is 802 g/mol. The molecule has 0 spiro atoms. The van der Waals surface area contributed by atoms with Gasteiger partial charge < -0.3 is 5.32 Å². The summed E-state index contributed by atoms with van der Waals surface area (Å²) in [6.07, 6.45) is 59.8. The van der Waals surface area contributed by atoms with Gasteiger partial charge in [-0.3, -0.25) is 0 Å². The molecule has 0 bridgehead atoms. The molecule has 1 heteroatoms. The van der Waals surface area contributed by atoms with Crippen LogP contribution in [0, 0.1) is 101 Å². The van der Waals surface area contributed by atoms with Crippen molar-refractivity contribution in [1.29, 1.82) is 0 Å². The van der Waals surface area contributed by atoms with E-state index < -0.39 is 0 Å². The lowest BCUT2D eigenvalue weighted by Gasteiger charge is -2.62. The quantitative estimate of drug-likeness (QED) is 0.264. The number of rotatable bonds is 6. The Balaban J connectivity index is 0.887. The Labute approximate surface area is 364 Å². The molecule has 328 valence electrons.